The van der Waals surface area contributed by atoms with Gasteiger partial charge in [0.15, 0.2) is 18.1 Å². The van der Waals surface area contributed by atoms with Gasteiger partial charge in [0.05, 0.1) is 7.11 Å². The highest BCUT2D eigenvalue weighted by Crippen LogP contribution is 2.37. The molecule has 138 valence electrons. The van der Waals surface area contributed by atoms with E-state index in [0.29, 0.717) is 23.3 Å². The molecule has 1 aliphatic rings. The molecule has 1 saturated heterocycles. The molecule has 1 fully saturated rings. The number of methoxy groups -OCH3 is 1. The maximum atomic E-state index is 12.6. The molecule has 1 amide bonds. The number of halogens is 1. The first-order valence-corrected chi connectivity index (χ1v) is 10.0. The summed E-state index contributed by atoms with van der Waals surface area (Å²) in [5, 5.41) is 1.11. The van der Waals surface area contributed by atoms with Crippen molar-refractivity contribution in [2.24, 2.45) is 0 Å². The quantitative estimate of drug-likeness (QED) is 0.755. The van der Waals surface area contributed by atoms with Crippen LogP contribution in [0, 0.1) is 0 Å². The van der Waals surface area contributed by atoms with Crippen LogP contribution in [0.15, 0.2) is 48.5 Å². The van der Waals surface area contributed by atoms with Crippen molar-refractivity contribution in [3.63, 3.8) is 0 Å². The van der Waals surface area contributed by atoms with Gasteiger partial charge in [0.1, 0.15) is 0 Å². The third-order valence-electron chi connectivity index (χ3n) is 4.37. The number of carbonyl (C=O) groups excluding carboxylic acids is 1. The molecular formula is C20H22ClNO3S. The molecule has 0 aliphatic carbocycles. The lowest BCUT2D eigenvalue weighted by molar-refractivity contribution is -0.133. The second kappa shape index (κ2) is 9.19. The predicted molar refractivity (Wildman–Crippen MR) is 106 cm³/mol. The van der Waals surface area contributed by atoms with Crippen molar-refractivity contribution >= 4 is 29.3 Å². The number of para-hydroxylation sites is 2. The van der Waals surface area contributed by atoms with Crippen molar-refractivity contribution in [1.82, 2.24) is 4.90 Å². The van der Waals surface area contributed by atoms with E-state index in [0.717, 1.165) is 29.3 Å². The Labute approximate surface area is 163 Å². The normalized spacial score (nSPS) is 17.5. The van der Waals surface area contributed by atoms with Crippen LogP contribution >= 0.6 is 23.4 Å². The van der Waals surface area contributed by atoms with Gasteiger partial charge in [-0.25, -0.2) is 0 Å². The van der Waals surface area contributed by atoms with Gasteiger partial charge in [-0.05, 0) is 30.2 Å². The third kappa shape index (κ3) is 4.65. The largest absolute Gasteiger partial charge is 0.493 e. The Morgan fingerprint density at radius 3 is 2.65 bits per heavy atom. The minimum Gasteiger partial charge on any atom is -0.493 e. The standard InChI is InChI=1S/C20H22ClNO3S/c1-24-17-8-4-5-9-18(17)25-14-20(23)22-11-10-19(26-13-12-22)15-6-2-3-7-16(15)21/h2-9,19H,10-14H2,1H3/t19-/m0/s1. The van der Waals surface area contributed by atoms with Crippen molar-refractivity contribution in [3.8, 4) is 11.5 Å². The molecule has 3 rings (SSSR count). The first-order valence-electron chi connectivity index (χ1n) is 8.58. The topological polar surface area (TPSA) is 38.8 Å². The number of rotatable bonds is 5. The molecule has 0 unspecified atom stereocenters. The molecule has 1 atom stereocenters. The van der Waals surface area contributed by atoms with Gasteiger partial charge in [-0.1, -0.05) is 41.9 Å². The lowest BCUT2D eigenvalue weighted by atomic mass is 10.1. The molecule has 0 aromatic heterocycles. The summed E-state index contributed by atoms with van der Waals surface area (Å²) in [4.78, 5) is 14.4. The Balaban J connectivity index is 1.57. The third-order valence-corrected chi connectivity index (χ3v) is 6.02. The average Bonchev–Trinajstić information content (AvgIpc) is 2.93. The van der Waals surface area contributed by atoms with E-state index in [-0.39, 0.29) is 12.5 Å². The highest BCUT2D eigenvalue weighted by Gasteiger charge is 2.23. The monoisotopic (exact) mass is 391 g/mol. The van der Waals surface area contributed by atoms with Crippen LogP contribution in [0.2, 0.25) is 5.02 Å². The van der Waals surface area contributed by atoms with Crippen LogP contribution in [0.3, 0.4) is 0 Å². The number of hydrogen-bond acceptors (Lipinski definition) is 4. The fraction of sp³-hybridized carbons (Fsp3) is 0.350. The van der Waals surface area contributed by atoms with E-state index in [1.807, 2.05) is 53.1 Å². The van der Waals surface area contributed by atoms with Gasteiger partial charge in [-0.2, -0.15) is 11.8 Å². The lowest BCUT2D eigenvalue weighted by Gasteiger charge is -2.21. The van der Waals surface area contributed by atoms with E-state index in [4.69, 9.17) is 21.1 Å². The molecule has 0 saturated carbocycles. The minimum atomic E-state index is -0.00341. The molecule has 2 aromatic carbocycles. The Hall–Kier alpha value is -1.85. The Kier molecular flexibility index (Phi) is 6.69. The van der Waals surface area contributed by atoms with Crippen LogP contribution in [-0.2, 0) is 4.79 Å². The van der Waals surface area contributed by atoms with E-state index in [1.165, 1.54) is 0 Å². The summed E-state index contributed by atoms with van der Waals surface area (Å²) in [7, 11) is 1.59. The van der Waals surface area contributed by atoms with E-state index >= 15 is 0 Å². The van der Waals surface area contributed by atoms with Crippen molar-refractivity contribution in [1.29, 1.82) is 0 Å². The molecule has 1 aliphatic heterocycles. The summed E-state index contributed by atoms with van der Waals surface area (Å²) in [6, 6.07) is 15.3. The fourth-order valence-electron chi connectivity index (χ4n) is 2.97. The molecule has 0 radical (unpaired) electrons. The first kappa shape index (κ1) is 18.9. The average molecular weight is 392 g/mol. The minimum absolute atomic E-state index is 0.00341. The van der Waals surface area contributed by atoms with E-state index < -0.39 is 0 Å². The van der Waals surface area contributed by atoms with Crippen LogP contribution in [0.1, 0.15) is 17.2 Å². The van der Waals surface area contributed by atoms with Gasteiger partial charge in [0.2, 0.25) is 0 Å². The van der Waals surface area contributed by atoms with Crippen LogP contribution in [0.4, 0.5) is 0 Å². The molecular weight excluding hydrogens is 370 g/mol. The zero-order valence-electron chi connectivity index (χ0n) is 14.7. The molecule has 6 heteroatoms. The van der Waals surface area contributed by atoms with Crippen molar-refractivity contribution < 1.29 is 14.3 Å². The number of hydrogen-bond donors (Lipinski definition) is 0. The summed E-state index contributed by atoms with van der Waals surface area (Å²) in [5.74, 6) is 2.10. The number of benzene rings is 2. The molecule has 4 nitrogen and oxygen atoms in total. The summed E-state index contributed by atoms with van der Waals surface area (Å²) in [6.45, 7) is 1.44. The molecule has 0 bridgehead atoms. The zero-order chi connectivity index (χ0) is 18.4. The van der Waals surface area contributed by atoms with Gasteiger partial charge >= 0.3 is 0 Å². The van der Waals surface area contributed by atoms with Gasteiger partial charge in [-0.3, -0.25) is 4.79 Å². The summed E-state index contributed by atoms with van der Waals surface area (Å²) >= 11 is 8.18. The highest BCUT2D eigenvalue weighted by atomic mass is 35.5. The van der Waals surface area contributed by atoms with Crippen LogP contribution in [0.5, 0.6) is 11.5 Å². The van der Waals surface area contributed by atoms with Gasteiger partial charge in [-0.15, -0.1) is 0 Å². The first-order chi connectivity index (χ1) is 12.7. The smallest absolute Gasteiger partial charge is 0.260 e. The second-order valence-electron chi connectivity index (χ2n) is 5.99. The van der Waals surface area contributed by atoms with Crippen LogP contribution in [0.25, 0.3) is 0 Å². The maximum absolute atomic E-state index is 12.6. The number of thioether (sulfide) groups is 1. The van der Waals surface area contributed by atoms with Crippen molar-refractivity contribution in [2.75, 3.05) is 32.6 Å². The Bertz CT molecular complexity index is 755. The Morgan fingerprint density at radius 1 is 1.15 bits per heavy atom. The maximum Gasteiger partial charge on any atom is 0.260 e. The van der Waals surface area contributed by atoms with Crippen LogP contribution in [-0.4, -0.2) is 43.4 Å². The SMILES string of the molecule is COc1ccccc1OCC(=O)N1CCS[C@H](c2ccccc2Cl)CC1. The van der Waals surface area contributed by atoms with Gasteiger partial charge in [0, 0.05) is 29.1 Å². The van der Waals surface area contributed by atoms with Crippen molar-refractivity contribution in [2.45, 2.75) is 11.7 Å². The number of carbonyl (C=O) groups is 1. The molecule has 1 heterocycles. The molecule has 26 heavy (non-hydrogen) atoms. The zero-order valence-corrected chi connectivity index (χ0v) is 16.3. The van der Waals surface area contributed by atoms with E-state index in [2.05, 4.69) is 6.07 Å². The highest BCUT2D eigenvalue weighted by molar-refractivity contribution is 7.99. The Morgan fingerprint density at radius 2 is 1.88 bits per heavy atom. The number of nitrogens with zero attached hydrogens (tertiary/aromatic N) is 1. The number of ether oxygens (including phenoxy) is 2. The molecule has 2 aromatic rings. The van der Waals surface area contributed by atoms with Crippen molar-refractivity contribution in [3.05, 3.63) is 59.1 Å². The lowest BCUT2D eigenvalue weighted by Crippen LogP contribution is -2.36. The van der Waals surface area contributed by atoms with Crippen LogP contribution < -0.4 is 9.47 Å². The molecule has 0 N–H and O–H groups in total. The number of amides is 1. The summed E-state index contributed by atoms with van der Waals surface area (Å²) in [5.41, 5.74) is 1.15. The summed E-state index contributed by atoms with van der Waals surface area (Å²) < 4.78 is 10.9. The predicted octanol–water partition coefficient (Wildman–Crippen LogP) is 4.43. The van der Waals surface area contributed by atoms with E-state index in [1.54, 1.807) is 13.2 Å². The second-order valence-corrected chi connectivity index (χ2v) is 7.71. The van der Waals surface area contributed by atoms with Gasteiger partial charge < -0.3 is 14.4 Å². The van der Waals surface area contributed by atoms with Gasteiger partial charge in [0.25, 0.3) is 5.91 Å². The fourth-order valence-corrected chi connectivity index (χ4v) is 4.57. The molecule has 0 spiro atoms. The summed E-state index contributed by atoms with van der Waals surface area (Å²) in [6.07, 6.45) is 0.884. The van der Waals surface area contributed by atoms with E-state index in [9.17, 15) is 4.79 Å².